The monoisotopic (exact) mass is 311 g/mol. The molecule has 118 valence electrons. The summed E-state index contributed by atoms with van der Waals surface area (Å²) < 4.78 is 16.3. The topological polar surface area (TPSA) is 68.5 Å². The molecule has 0 unspecified atom stereocenters. The van der Waals surface area contributed by atoms with E-state index in [1.807, 2.05) is 6.07 Å². The minimum atomic E-state index is -0.0233. The first-order valence-corrected chi connectivity index (χ1v) is 6.97. The van der Waals surface area contributed by atoms with Crippen molar-refractivity contribution in [3.05, 3.63) is 53.1 Å². The maximum absolute atomic E-state index is 11.5. The molecule has 0 fully saturated rings. The number of hydrogen-bond acceptors (Lipinski definition) is 5. The molecule has 0 heterocycles. The molecule has 0 amide bonds. The van der Waals surface area contributed by atoms with Crippen LogP contribution in [0.3, 0.4) is 0 Å². The molecule has 0 aliphatic carbocycles. The Morgan fingerprint density at radius 3 is 2.35 bits per heavy atom. The average Bonchev–Trinajstić information content (AvgIpc) is 2.59. The molecule has 0 aliphatic heterocycles. The number of rotatable bonds is 6. The van der Waals surface area contributed by atoms with Gasteiger partial charge in [-0.25, -0.2) is 0 Å². The summed E-state index contributed by atoms with van der Waals surface area (Å²) >= 11 is 0. The minimum Gasteiger partial charge on any atom is -0.496 e. The highest BCUT2D eigenvalue weighted by atomic mass is 16.5. The van der Waals surface area contributed by atoms with Crippen LogP contribution in [-0.4, -0.2) is 20.0 Å². The Bertz CT molecular complexity index is 762. The van der Waals surface area contributed by atoms with E-state index >= 15 is 0 Å². The van der Waals surface area contributed by atoms with Crippen molar-refractivity contribution < 1.29 is 19.0 Å². The summed E-state index contributed by atoms with van der Waals surface area (Å²) in [6.07, 6.45) is 0. The predicted molar refractivity (Wildman–Crippen MR) is 85.0 cm³/mol. The van der Waals surface area contributed by atoms with E-state index in [4.69, 9.17) is 19.5 Å². The Morgan fingerprint density at radius 1 is 1.04 bits per heavy atom. The molecular formula is C18H17NO4. The van der Waals surface area contributed by atoms with Crippen molar-refractivity contribution in [3.8, 4) is 23.3 Å². The molecule has 0 saturated heterocycles. The fraction of sp³-hybridized carbons (Fsp3) is 0.222. The summed E-state index contributed by atoms with van der Waals surface area (Å²) in [6, 6.07) is 12.2. The van der Waals surface area contributed by atoms with Crippen molar-refractivity contribution in [3.63, 3.8) is 0 Å². The Morgan fingerprint density at radius 2 is 1.74 bits per heavy atom. The minimum absolute atomic E-state index is 0.0233. The van der Waals surface area contributed by atoms with Gasteiger partial charge in [-0.2, -0.15) is 5.26 Å². The highest BCUT2D eigenvalue weighted by molar-refractivity contribution is 5.94. The Balaban J connectivity index is 2.25. The first-order chi connectivity index (χ1) is 11.1. The molecule has 0 radical (unpaired) electrons. The Kier molecular flexibility index (Phi) is 5.21. The predicted octanol–water partition coefficient (Wildman–Crippen LogP) is 3.36. The van der Waals surface area contributed by atoms with Gasteiger partial charge in [0.05, 0.1) is 25.9 Å². The lowest BCUT2D eigenvalue weighted by molar-refractivity contribution is 0.101. The number of nitriles is 1. The SMILES string of the molecule is COc1ccc(C(C)=O)cc1COc1ccc(C#N)cc1OC. The van der Waals surface area contributed by atoms with Gasteiger partial charge in [0.15, 0.2) is 17.3 Å². The molecule has 2 rings (SSSR count). The molecule has 0 saturated carbocycles. The standard InChI is InChI=1S/C18H17NO4/c1-12(20)14-5-7-16(21-2)15(9-14)11-23-17-6-4-13(10-19)8-18(17)22-3/h4-9H,11H2,1-3H3. The highest BCUT2D eigenvalue weighted by Gasteiger charge is 2.10. The van der Waals surface area contributed by atoms with E-state index in [9.17, 15) is 4.79 Å². The second kappa shape index (κ2) is 7.32. The Labute approximate surface area is 135 Å². The molecule has 5 heteroatoms. The normalized spacial score (nSPS) is 9.83. The van der Waals surface area contributed by atoms with E-state index in [1.165, 1.54) is 14.0 Å². The first-order valence-electron chi connectivity index (χ1n) is 6.97. The Hall–Kier alpha value is -3.00. The van der Waals surface area contributed by atoms with Gasteiger partial charge in [0.1, 0.15) is 12.4 Å². The number of Topliss-reactive ketones (excluding diaryl/α,β-unsaturated/α-hetero) is 1. The maximum atomic E-state index is 11.5. The summed E-state index contributed by atoms with van der Waals surface area (Å²) in [4.78, 5) is 11.5. The molecule has 0 spiro atoms. The number of carbonyl (C=O) groups is 1. The number of benzene rings is 2. The lowest BCUT2D eigenvalue weighted by Gasteiger charge is -2.13. The number of nitrogens with zero attached hydrogens (tertiary/aromatic N) is 1. The maximum Gasteiger partial charge on any atom is 0.162 e. The van der Waals surface area contributed by atoms with Gasteiger partial charge in [-0.1, -0.05) is 0 Å². The zero-order valence-corrected chi connectivity index (χ0v) is 13.3. The fourth-order valence-corrected chi connectivity index (χ4v) is 2.12. The fourth-order valence-electron chi connectivity index (χ4n) is 2.12. The highest BCUT2D eigenvalue weighted by Crippen LogP contribution is 2.30. The number of carbonyl (C=O) groups excluding carboxylic acids is 1. The van der Waals surface area contributed by atoms with Gasteiger partial charge in [0.25, 0.3) is 0 Å². The van der Waals surface area contributed by atoms with Crippen LogP contribution in [0.4, 0.5) is 0 Å². The van der Waals surface area contributed by atoms with E-state index < -0.39 is 0 Å². The van der Waals surface area contributed by atoms with Crippen molar-refractivity contribution >= 4 is 5.78 Å². The smallest absolute Gasteiger partial charge is 0.162 e. The van der Waals surface area contributed by atoms with Gasteiger partial charge < -0.3 is 14.2 Å². The molecule has 0 bridgehead atoms. The van der Waals surface area contributed by atoms with Crippen LogP contribution in [0.1, 0.15) is 28.4 Å². The third-order valence-corrected chi connectivity index (χ3v) is 3.36. The van der Waals surface area contributed by atoms with Gasteiger partial charge in [0, 0.05) is 17.2 Å². The van der Waals surface area contributed by atoms with E-state index in [-0.39, 0.29) is 12.4 Å². The summed E-state index contributed by atoms with van der Waals surface area (Å²) in [5.74, 6) is 1.61. The number of ether oxygens (including phenoxy) is 3. The number of methoxy groups -OCH3 is 2. The van der Waals surface area contributed by atoms with Crippen LogP contribution >= 0.6 is 0 Å². The molecule has 2 aromatic rings. The average molecular weight is 311 g/mol. The van der Waals surface area contributed by atoms with Crippen molar-refractivity contribution in [1.82, 2.24) is 0 Å². The third kappa shape index (κ3) is 3.80. The zero-order chi connectivity index (χ0) is 16.8. The number of ketones is 1. The van der Waals surface area contributed by atoms with Gasteiger partial charge in [-0.15, -0.1) is 0 Å². The van der Waals surface area contributed by atoms with E-state index in [1.54, 1.807) is 43.5 Å². The van der Waals surface area contributed by atoms with Crippen LogP contribution in [0.2, 0.25) is 0 Å². The van der Waals surface area contributed by atoms with E-state index in [2.05, 4.69) is 0 Å². The van der Waals surface area contributed by atoms with Crippen LogP contribution in [0, 0.1) is 11.3 Å². The second-order valence-corrected chi connectivity index (χ2v) is 4.85. The number of hydrogen-bond donors (Lipinski definition) is 0. The van der Waals surface area contributed by atoms with Gasteiger partial charge >= 0.3 is 0 Å². The lowest BCUT2D eigenvalue weighted by atomic mass is 10.1. The molecular weight excluding hydrogens is 294 g/mol. The van der Waals surface area contributed by atoms with Crippen LogP contribution < -0.4 is 14.2 Å². The molecule has 0 aliphatic rings. The van der Waals surface area contributed by atoms with E-state index in [0.717, 1.165) is 5.56 Å². The largest absolute Gasteiger partial charge is 0.496 e. The van der Waals surface area contributed by atoms with Crippen LogP contribution in [0.25, 0.3) is 0 Å². The van der Waals surface area contributed by atoms with E-state index in [0.29, 0.717) is 28.4 Å². The molecule has 2 aromatic carbocycles. The molecule has 0 atom stereocenters. The van der Waals surface area contributed by atoms with Crippen molar-refractivity contribution in [2.75, 3.05) is 14.2 Å². The van der Waals surface area contributed by atoms with Crippen LogP contribution in [0.15, 0.2) is 36.4 Å². The van der Waals surface area contributed by atoms with Crippen LogP contribution in [0.5, 0.6) is 17.2 Å². The third-order valence-electron chi connectivity index (χ3n) is 3.36. The van der Waals surface area contributed by atoms with Crippen molar-refractivity contribution in [2.45, 2.75) is 13.5 Å². The summed E-state index contributed by atoms with van der Waals surface area (Å²) in [5, 5.41) is 8.91. The van der Waals surface area contributed by atoms with Crippen molar-refractivity contribution in [1.29, 1.82) is 5.26 Å². The second-order valence-electron chi connectivity index (χ2n) is 4.85. The summed E-state index contributed by atoms with van der Waals surface area (Å²) in [6.45, 7) is 1.72. The van der Waals surface area contributed by atoms with Crippen LogP contribution in [-0.2, 0) is 6.61 Å². The van der Waals surface area contributed by atoms with Gasteiger partial charge in [0.2, 0.25) is 0 Å². The quantitative estimate of drug-likeness (QED) is 0.765. The molecule has 5 nitrogen and oxygen atoms in total. The van der Waals surface area contributed by atoms with Crippen molar-refractivity contribution in [2.24, 2.45) is 0 Å². The first kappa shape index (κ1) is 16.4. The van der Waals surface area contributed by atoms with Gasteiger partial charge in [-0.3, -0.25) is 4.79 Å². The molecule has 23 heavy (non-hydrogen) atoms. The van der Waals surface area contributed by atoms with Gasteiger partial charge in [-0.05, 0) is 37.3 Å². The summed E-state index contributed by atoms with van der Waals surface area (Å²) in [7, 11) is 3.08. The molecule has 0 aromatic heterocycles. The summed E-state index contributed by atoms with van der Waals surface area (Å²) in [5.41, 5.74) is 1.84. The lowest BCUT2D eigenvalue weighted by Crippen LogP contribution is -2.02. The molecule has 0 N–H and O–H groups in total. The zero-order valence-electron chi connectivity index (χ0n) is 13.3.